The van der Waals surface area contributed by atoms with Crippen LogP contribution in [-0.2, 0) is 4.79 Å². The zero-order valence-electron chi connectivity index (χ0n) is 16.5. The quantitative estimate of drug-likeness (QED) is 0.482. The van der Waals surface area contributed by atoms with Crippen LogP contribution >= 0.6 is 0 Å². The molecule has 0 spiro atoms. The van der Waals surface area contributed by atoms with Gasteiger partial charge in [0.15, 0.2) is 0 Å². The number of amides is 1. The highest BCUT2D eigenvalue weighted by Crippen LogP contribution is 2.36. The highest BCUT2D eigenvalue weighted by molar-refractivity contribution is 6.08. The van der Waals surface area contributed by atoms with Gasteiger partial charge in [-0.1, -0.05) is 30.3 Å². The lowest BCUT2D eigenvalue weighted by Gasteiger charge is -2.18. The van der Waals surface area contributed by atoms with Crippen LogP contribution in [0.4, 0.5) is 11.4 Å². The number of methoxy groups -OCH3 is 2. The first kappa shape index (κ1) is 18.7. The van der Waals surface area contributed by atoms with Crippen molar-refractivity contribution in [2.45, 2.75) is 13.0 Å². The van der Waals surface area contributed by atoms with Gasteiger partial charge in [-0.25, -0.2) is 0 Å². The molecule has 0 fully saturated rings. The number of fused-ring (bicyclic) bond motifs is 3. The van der Waals surface area contributed by atoms with E-state index in [9.17, 15) is 4.79 Å². The molecule has 1 heterocycles. The van der Waals surface area contributed by atoms with Gasteiger partial charge >= 0.3 is 0 Å². The Morgan fingerprint density at radius 3 is 2.38 bits per heavy atom. The smallest absolute Gasteiger partial charge is 0.246 e. The Morgan fingerprint density at radius 2 is 1.59 bits per heavy atom. The van der Waals surface area contributed by atoms with Crippen molar-refractivity contribution in [3.05, 3.63) is 60.7 Å². The minimum absolute atomic E-state index is 0.204. The number of furan rings is 1. The van der Waals surface area contributed by atoms with Crippen molar-refractivity contribution in [2.75, 3.05) is 24.9 Å². The zero-order valence-corrected chi connectivity index (χ0v) is 16.5. The Hall–Kier alpha value is -3.67. The second kappa shape index (κ2) is 7.75. The first-order valence-electron chi connectivity index (χ1n) is 9.30. The van der Waals surface area contributed by atoms with Crippen LogP contribution in [0.2, 0.25) is 0 Å². The fourth-order valence-electron chi connectivity index (χ4n) is 3.32. The fraction of sp³-hybridized carbons (Fsp3) is 0.174. The molecule has 4 rings (SSSR count). The second-order valence-electron chi connectivity index (χ2n) is 6.70. The molecule has 0 aliphatic carbocycles. The van der Waals surface area contributed by atoms with Crippen molar-refractivity contribution in [3.63, 3.8) is 0 Å². The summed E-state index contributed by atoms with van der Waals surface area (Å²) in [6.07, 6.45) is 0. The van der Waals surface area contributed by atoms with Crippen molar-refractivity contribution in [1.29, 1.82) is 0 Å². The van der Waals surface area contributed by atoms with Crippen molar-refractivity contribution in [1.82, 2.24) is 0 Å². The molecule has 3 aromatic carbocycles. The number of benzene rings is 3. The van der Waals surface area contributed by atoms with E-state index in [1.165, 1.54) is 0 Å². The molecule has 0 aliphatic rings. The Labute approximate surface area is 168 Å². The van der Waals surface area contributed by atoms with Gasteiger partial charge in [0.05, 0.1) is 25.6 Å². The third-order valence-corrected chi connectivity index (χ3v) is 4.83. The molecule has 0 saturated heterocycles. The van der Waals surface area contributed by atoms with Gasteiger partial charge in [0.1, 0.15) is 28.7 Å². The zero-order chi connectivity index (χ0) is 20.4. The standard InChI is InChI=1S/C23H22N2O4/c1-14(24-17-9-5-7-11-20(17)27-2)23(26)25-18-13-21-16(12-22(18)28-3)15-8-4-6-10-19(15)29-21/h4-14,24H,1-3H3,(H,25,26)/t14-/m1/s1. The summed E-state index contributed by atoms with van der Waals surface area (Å²) in [5.74, 6) is 1.04. The molecule has 0 saturated carbocycles. The van der Waals surface area contributed by atoms with Crippen LogP contribution in [0.3, 0.4) is 0 Å². The summed E-state index contributed by atoms with van der Waals surface area (Å²) in [5, 5.41) is 8.05. The number of para-hydroxylation sites is 3. The SMILES string of the molecule is COc1cc2c(cc1NC(=O)[C@@H](C)Nc1ccccc1OC)oc1ccccc12. The topological polar surface area (TPSA) is 72.7 Å². The lowest BCUT2D eigenvalue weighted by molar-refractivity contribution is -0.116. The highest BCUT2D eigenvalue weighted by Gasteiger charge is 2.18. The molecule has 4 aromatic rings. The molecule has 0 bridgehead atoms. The molecule has 29 heavy (non-hydrogen) atoms. The molecule has 0 unspecified atom stereocenters. The average Bonchev–Trinajstić information content (AvgIpc) is 3.10. The van der Waals surface area contributed by atoms with Gasteiger partial charge in [-0.3, -0.25) is 4.79 Å². The van der Waals surface area contributed by atoms with Gasteiger partial charge < -0.3 is 24.5 Å². The molecule has 1 atom stereocenters. The average molecular weight is 390 g/mol. The maximum atomic E-state index is 12.8. The monoisotopic (exact) mass is 390 g/mol. The van der Waals surface area contributed by atoms with Gasteiger partial charge in [-0.15, -0.1) is 0 Å². The summed E-state index contributed by atoms with van der Waals surface area (Å²) in [4.78, 5) is 12.8. The lowest BCUT2D eigenvalue weighted by Crippen LogP contribution is -2.32. The summed E-state index contributed by atoms with van der Waals surface area (Å²) < 4.78 is 16.8. The summed E-state index contributed by atoms with van der Waals surface area (Å²) >= 11 is 0. The lowest BCUT2D eigenvalue weighted by atomic mass is 10.1. The Kier molecular flexibility index (Phi) is 4.99. The van der Waals surface area contributed by atoms with Crippen LogP contribution in [0.15, 0.2) is 65.1 Å². The predicted octanol–water partition coefficient (Wildman–Crippen LogP) is 5.04. The maximum Gasteiger partial charge on any atom is 0.246 e. The molecule has 1 amide bonds. The van der Waals surface area contributed by atoms with Crippen LogP contribution < -0.4 is 20.1 Å². The summed E-state index contributed by atoms with van der Waals surface area (Å²) in [6, 6.07) is 18.4. The normalized spacial score (nSPS) is 12.0. The second-order valence-corrected chi connectivity index (χ2v) is 6.70. The van der Waals surface area contributed by atoms with Crippen molar-refractivity contribution < 1.29 is 18.7 Å². The molecule has 0 radical (unpaired) electrons. The molecule has 6 heteroatoms. The summed E-state index contributed by atoms with van der Waals surface area (Å²) in [6.45, 7) is 1.79. The van der Waals surface area contributed by atoms with Crippen LogP contribution in [0.5, 0.6) is 11.5 Å². The molecule has 0 aliphatic heterocycles. The van der Waals surface area contributed by atoms with Crippen molar-refractivity contribution in [2.24, 2.45) is 0 Å². The summed E-state index contributed by atoms with van der Waals surface area (Å²) in [5.41, 5.74) is 2.78. The number of anilines is 2. The number of nitrogens with one attached hydrogen (secondary N) is 2. The summed E-state index contributed by atoms with van der Waals surface area (Å²) in [7, 11) is 3.17. The van der Waals surface area contributed by atoms with E-state index in [0.717, 1.165) is 22.0 Å². The number of ether oxygens (including phenoxy) is 2. The third kappa shape index (κ3) is 3.57. The highest BCUT2D eigenvalue weighted by atomic mass is 16.5. The number of carbonyl (C=O) groups is 1. The molecular formula is C23H22N2O4. The van der Waals surface area contributed by atoms with Crippen LogP contribution in [0.1, 0.15) is 6.92 Å². The van der Waals surface area contributed by atoms with Crippen molar-refractivity contribution >= 4 is 39.2 Å². The van der Waals surface area contributed by atoms with E-state index in [1.54, 1.807) is 27.2 Å². The van der Waals surface area contributed by atoms with E-state index in [2.05, 4.69) is 10.6 Å². The maximum absolute atomic E-state index is 12.8. The number of hydrogen-bond donors (Lipinski definition) is 2. The Balaban J connectivity index is 1.60. The van der Waals surface area contributed by atoms with Crippen LogP contribution in [-0.4, -0.2) is 26.2 Å². The predicted molar refractivity (Wildman–Crippen MR) is 115 cm³/mol. The third-order valence-electron chi connectivity index (χ3n) is 4.83. The Morgan fingerprint density at radius 1 is 0.862 bits per heavy atom. The van der Waals surface area contributed by atoms with Gasteiger partial charge in [0, 0.05) is 16.8 Å². The van der Waals surface area contributed by atoms with Crippen LogP contribution in [0, 0.1) is 0 Å². The number of carbonyl (C=O) groups excluding carboxylic acids is 1. The van der Waals surface area contributed by atoms with Crippen LogP contribution in [0.25, 0.3) is 21.9 Å². The van der Waals surface area contributed by atoms with Gasteiger partial charge in [0.2, 0.25) is 5.91 Å². The van der Waals surface area contributed by atoms with E-state index in [1.807, 2.05) is 54.6 Å². The Bertz CT molecular complexity index is 1180. The van der Waals surface area contributed by atoms with Crippen molar-refractivity contribution in [3.8, 4) is 11.5 Å². The minimum Gasteiger partial charge on any atom is -0.495 e. The van der Waals surface area contributed by atoms with Gasteiger partial charge in [-0.2, -0.15) is 0 Å². The van der Waals surface area contributed by atoms with E-state index < -0.39 is 6.04 Å². The van der Waals surface area contributed by atoms with E-state index >= 15 is 0 Å². The van der Waals surface area contributed by atoms with E-state index in [0.29, 0.717) is 22.8 Å². The minimum atomic E-state index is -0.498. The first-order chi connectivity index (χ1) is 14.1. The number of rotatable bonds is 6. The first-order valence-corrected chi connectivity index (χ1v) is 9.30. The molecule has 6 nitrogen and oxygen atoms in total. The van der Waals surface area contributed by atoms with Gasteiger partial charge in [-0.05, 0) is 31.2 Å². The fourth-order valence-corrected chi connectivity index (χ4v) is 3.32. The number of hydrogen-bond acceptors (Lipinski definition) is 5. The molecule has 2 N–H and O–H groups in total. The molecular weight excluding hydrogens is 368 g/mol. The largest absolute Gasteiger partial charge is 0.495 e. The van der Waals surface area contributed by atoms with E-state index in [4.69, 9.17) is 13.9 Å². The van der Waals surface area contributed by atoms with E-state index in [-0.39, 0.29) is 5.91 Å². The van der Waals surface area contributed by atoms with Gasteiger partial charge in [0.25, 0.3) is 0 Å². The molecule has 1 aromatic heterocycles. The molecule has 148 valence electrons.